The molecule has 0 saturated heterocycles. The van der Waals surface area contributed by atoms with Crippen molar-refractivity contribution in [2.45, 2.75) is 26.9 Å². The molecule has 6 nitrogen and oxygen atoms in total. The highest BCUT2D eigenvalue weighted by atomic mass is 15.6. The molecule has 0 amide bonds. The highest BCUT2D eigenvalue weighted by Gasteiger charge is 2.07. The van der Waals surface area contributed by atoms with Crippen molar-refractivity contribution in [3.8, 4) is 5.69 Å². The van der Waals surface area contributed by atoms with Gasteiger partial charge in [-0.25, -0.2) is 0 Å². The predicted molar refractivity (Wildman–Crippen MR) is 99.5 cm³/mol. The van der Waals surface area contributed by atoms with Crippen molar-refractivity contribution in [2.24, 2.45) is 0 Å². The van der Waals surface area contributed by atoms with Crippen molar-refractivity contribution in [1.29, 1.82) is 0 Å². The Bertz CT molecular complexity index is 762. The fourth-order valence-electron chi connectivity index (χ4n) is 2.69. The van der Waals surface area contributed by atoms with Crippen molar-refractivity contribution < 1.29 is 0 Å². The summed E-state index contributed by atoms with van der Waals surface area (Å²) in [6, 6.07) is 18.6. The molecule has 0 atom stereocenters. The third kappa shape index (κ3) is 4.42. The molecule has 1 aromatic heterocycles. The molecular weight excluding hydrogens is 312 g/mol. The van der Waals surface area contributed by atoms with Gasteiger partial charge in [0.2, 0.25) is 5.95 Å². The topological polar surface area (TPSA) is 58.9 Å². The van der Waals surface area contributed by atoms with Gasteiger partial charge in [0.05, 0.1) is 5.69 Å². The SMILES string of the molecule is CCN(CC)Cc1ccc(CNc2nnnn2-c2ccccc2)cc1. The molecule has 0 radical (unpaired) electrons. The molecule has 0 bridgehead atoms. The van der Waals surface area contributed by atoms with Gasteiger partial charge < -0.3 is 5.32 Å². The van der Waals surface area contributed by atoms with Crippen molar-refractivity contribution >= 4 is 5.95 Å². The molecule has 0 fully saturated rings. The lowest BCUT2D eigenvalue weighted by atomic mass is 10.1. The first-order valence-electron chi connectivity index (χ1n) is 8.68. The van der Waals surface area contributed by atoms with E-state index in [2.05, 4.69) is 63.9 Å². The maximum atomic E-state index is 4.07. The first-order valence-corrected chi connectivity index (χ1v) is 8.68. The lowest BCUT2D eigenvalue weighted by molar-refractivity contribution is 0.296. The minimum absolute atomic E-state index is 0.637. The number of nitrogens with zero attached hydrogens (tertiary/aromatic N) is 5. The fourth-order valence-corrected chi connectivity index (χ4v) is 2.69. The van der Waals surface area contributed by atoms with Gasteiger partial charge >= 0.3 is 0 Å². The summed E-state index contributed by atoms with van der Waals surface area (Å²) in [6.45, 7) is 8.20. The Morgan fingerprint density at radius 1 is 0.920 bits per heavy atom. The zero-order valence-corrected chi connectivity index (χ0v) is 14.8. The number of rotatable bonds is 8. The van der Waals surface area contributed by atoms with Gasteiger partial charge in [0.1, 0.15) is 0 Å². The summed E-state index contributed by atoms with van der Waals surface area (Å²) >= 11 is 0. The highest BCUT2D eigenvalue weighted by molar-refractivity contribution is 5.39. The van der Waals surface area contributed by atoms with Gasteiger partial charge in [-0.2, -0.15) is 4.68 Å². The second kappa shape index (κ2) is 8.39. The van der Waals surface area contributed by atoms with Gasteiger partial charge in [-0.05, 0) is 46.8 Å². The third-order valence-electron chi connectivity index (χ3n) is 4.24. The van der Waals surface area contributed by atoms with Gasteiger partial charge in [-0.15, -0.1) is 0 Å². The Hall–Kier alpha value is -2.73. The Balaban J connectivity index is 1.62. The molecule has 0 unspecified atom stereocenters. The van der Waals surface area contributed by atoms with E-state index >= 15 is 0 Å². The van der Waals surface area contributed by atoms with Crippen molar-refractivity contribution in [3.63, 3.8) is 0 Å². The lowest BCUT2D eigenvalue weighted by Crippen LogP contribution is -2.22. The fraction of sp³-hybridized carbons (Fsp3) is 0.316. The van der Waals surface area contributed by atoms with Gasteiger partial charge in [0.25, 0.3) is 0 Å². The summed E-state index contributed by atoms with van der Waals surface area (Å²) in [4.78, 5) is 2.40. The van der Waals surface area contributed by atoms with E-state index in [1.807, 2.05) is 30.3 Å². The zero-order valence-electron chi connectivity index (χ0n) is 14.8. The summed E-state index contributed by atoms with van der Waals surface area (Å²) in [6.07, 6.45) is 0. The van der Waals surface area contributed by atoms with Gasteiger partial charge in [0.15, 0.2) is 0 Å². The average Bonchev–Trinajstić information content (AvgIpc) is 3.14. The first-order chi connectivity index (χ1) is 12.3. The zero-order chi connectivity index (χ0) is 17.5. The van der Waals surface area contributed by atoms with E-state index in [9.17, 15) is 0 Å². The molecule has 0 aliphatic carbocycles. The molecular formula is C19H24N6. The molecule has 3 aromatic rings. The molecule has 2 aromatic carbocycles. The van der Waals surface area contributed by atoms with Crippen molar-refractivity contribution in [3.05, 3.63) is 65.7 Å². The summed E-state index contributed by atoms with van der Waals surface area (Å²) in [7, 11) is 0. The molecule has 130 valence electrons. The second-order valence-corrected chi connectivity index (χ2v) is 5.88. The van der Waals surface area contributed by atoms with E-state index in [4.69, 9.17) is 0 Å². The molecule has 0 aliphatic rings. The predicted octanol–water partition coefficient (Wildman–Crippen LogP) is 3.12. The number of anilines is 1. The summed E-state index contributed by atoms with van der Waals surface area (Å²) in [5.74, 6) is 0.637. The normalized spacial score (nSPS) is 11.0. The van der Waals surface area contributed by atoms with Crippen LogP contribution in [0.1, 0.15) is 25.0 Å². The first kappa shape index (κ1) is 17.1. The largest absolute Gasteiger partial charge is 0.349 e. The minimum atomic E-state index is 0.637. The lowest BCUT2D eigenvalue weighted by Gasteiger charge is -2.18. The Kier molecular flexibility index (Phi) is 5.74. The Morgan fingerprint density at radius 2 is 1.60 bits per heavy atom. The van der Waals surface area contributed by atoms with Crippen molar-refractivity contribution in [2.75, 3.05) is 18.4 Å². The van der Waals surface area contributed by atoms with Crippen LogP contribution in [0.5, 0.6) is 0 Å². The van der Waals surface area contributed by atoms with E-state index in [0.717, 1.165) is 25.3 Å². The molecule has 3 rings (SSSR count). The van der Waals surface area contributed by atoms with E-state index < -0.39 is 0 Å². The molecule has 0 spiro atoms. The molecule has 1 heterocycles. The molecule has 6 heteroatoms. The maximum absolute atomic E-state index is 4.07. The second-order valence-electron chi connectivity index (χ2n) is 5.88. The van der Waals surface area contributed by atoms with Crippen LogP contribution in [0.25, 0.3) is 5.69 Å². The number of aromatic nitrogens is 4. The van der Waals surface area contributed by atoms with Crippen LogP contribution >= 0.6 is 0 Å². The van der Waals surface area contributed by atoms with Crippen LogP contribution in [-0.4, -0.2) is 38.2 Å². The van der Waals surface area contributed by atoms with E-state index in [0.29, 0.717) is 12.5 Å². The summed E-state index contributed by atoms with van der Waals surface area (Å²) < 4.78 is 1.70. The van der Waals surface area contributed by atoms with Crippen molar-refractivity contribution in [1.82, 2.24) is 25.1 Å². The standard InChI is InChI=1S/C19H24N6/c1-3-24(4-2)15-17-12-10-16(11-13-17)14-20-19-21-22-23-25(19)18-8-6-5-7-9-18/h5-13H,3-4,14-15H2,1-2H3,(H,20,21,23). The van der Waals surface area contributed by atoms with Crippen LogP contribution in [-0.2, 0) is 13.1 Å². The smallest absolute Gasteiger partial charge is 0.248 e. The summed E-state index contributed by atoms with van der Waals surface area (Å²) in [5.41, 5.74) is 3.47. The highest BCUT2D eigenvalue weighted by Crippen LogP contribution is 2.13. The van der Waals surface area contributed by atoms with Crippen LogP contribution in [0, 0.1) is 0 Å². The Morgan fingerprint density at radius 3 is 2.28 bits per heavy atom. The Labute approximate surface area is 148 Å². The van der Waals surface area contributed by atoms with E-state index in [1.54, 1.807) is 4.68 Å². The number of hydrogen-bond acceptors (Lipinski definition) is 5. The number of hydrogen-bond donors (Lipinski definition) is 1. The van der Waals surface area contributed by atoms with Crippen LogP contribution in [0.2, 0.25) is 0 Å². The van der Waals surface area contributed by atoms with Crippen LogP contribution in [0.15, 0.2) is 54.6 Å². The van der Waals surface area contributed by atoms with Gasteiger partial charge in [0, 0.05) is 13.1 Å². The molecule has 1 N–H and O–H groups in total. The van der Waals surface area contributed by atoms with E-state index in [-0.39, 0.29) is 0 Å². The number of tetrazole rings is 1. The van der Waals surface area contributed by atoms with Crippen LogP contribution < -0.4 is 5.32 Å². The average molecular weight is 336 g/mol. The quantitative estimate of drug-likeness (QED) is 0.685. The monoisotopic (exact) mass is 336 g/mol. The van der Waals surface area contributed by atoms with Gasteiger partial charge in [-0.1, -0.05) is 61.4 Å². The minimum Gasteiger partial charge on any atom is -0.349 e. The number of para-hydroxylation sites is 1. The molecule has 0 saturated carbocycles. The van der Waals surface area contributed by atoms with Crippen LogP contribution in [0.3, 0.4) is 0 Å². The maximum Gasteiger partial charge on any atom is 0.248 e. The molecule has 25 heavy (non-hydrogen) atoms. The van der Waals surface area contributed by atoms with Gasteiger partial charge in [-0.3, -0.25) is 4.90 Å². The molecule has 0 aliphatic heterocycles. The third-order valence-corrected chi connectivity index (χ3v) is 4.24. The van der Waals surface area contributed by atoms with Crippen LogP contribution in [0.4, 0.5) is 5.95 Å². The number of benzene rings is 2. The summed E-state index contributed by atoms with van der Waals surface area (Å²) in [5, 5.41) is 15.2. The van der Waals surface area contributed by atoms with E-state index in [1.165, 1.54) is 11.1 Å². The number of nitrogens with one attached hydrogen (secondary N) is 1.